The molecule has 1 aromatic carbocycles. The predicted octanol–water partition coefficient (Wildman–Crippen LogP) is 3.62. The van der Waals surface area contributed by atoms with Crippen molar-refractivity contribution in [3.63, 3.8) is 0 Å². The van der Waals surface area contributed by atoms with Gasteiger partial charge in [0.05, 0.1) is 11.7 Å². The van der Waals surface area contributed by atoms with Gasteiger partial charge in [-0.05, 0) is 61.6 Å². The lowest BCUT2D eigenvalue weighted by molar-refractivity contribution is -0.169. The molecule has 8 nitrogen and oxygen atoms in total. The van der Waals surface area contributed by atoms with E-state index in [2.05, 4.69) is 25.2 Å². The number of ketones is 1. The van der Waals surface area contributed by atoms with Crippen molar-refractivity contribution in [1.29, 1.82) is 0 Å². The standard InChI is InChI=1S/C25H29NO7/c1-22-10-15-20-23(2,16(28)6-9-25(20,11-22)12-24(22,3)33-15)8-7-17(29)26-18-14(27)5-4-13(19(18)30)21(31)32/h4-6,9,15,20,27,30H,7-8,10-12H2,1-3H3,(H,26,29)(H,31,32)/t15?,20?,22?,23-,24?,25?/m0/s1. The Morgan fingerprint density at radius 2 is 1.91 bits per heavy atom. The molecule has 2 saturated carbocycles. The highest BCUT2D eigenvalue weighted by molar-refractivity contribution is 6.00. The summed E-state index contributed by atoms with van der Waals surface area (Å²) < 4.78 is 6.51. The van der Waals surface area contributed by atoms with Gasteiger partial charge in [-0.25, -0.2) is 4.79 Å². The quantitative estimate of drug-likeness (QED) is 0.498. The van der Waals surface area contributed by atoms with E-state index in [4.69, 9.17) is 9.84 Å². The minimum absolute atomic E-state index is 0.0165. The molecule has 2 aliphatic heterocycles. The van der Waals surface area contributed by atoms with Gasteiger partial charge in [0.2, 0.25) is 5.91 Å². The van der Waals surface area contributed by atoms with Crippen molar-refractivity contribution in [3.8, 4) is 11.5 Å². The van der Waals surface area contributed by atoms with E-state index in [1.165, 1.54) is 0 Å². The van der Waals surface area contributed by atoms with Crippen molar-refractivity contribution in [3.05, 3.63) is 29.8 Å². The largest absolute Gasteiger partial charge is 0.506 e. The Morgan fingerprint density at radius 1 is 1.18 bits per heavy atom. The molecule has 4 N–H and O–H groups in total. The summed E-state index contributed by atoms with van der Waals surface area (Å²) in [7, 11) is 0. The van der Waals surface area contributed by atoms with E-state index in [0.717, 1.165) is 31.4 Å². The third-order valence-electron chi connectivity index (χ3n) is 9.05. The van der Waals surface area contributed by atoms with Gasteiger partial charge in [0.1, 0.15) is 17.0 Å². The summed E-state index contributed by atoms with van der Waals surface area (Å²) in [4.78, 5) is 37.2. The van der Waals surface area contributed by atoms with Crippen molar-refractivity contribution < 1.29 is 34.4 Å². The molecular weight excluding hydrogens is 426 g/mol. The molecule has 1 aromatic rings. The summed E-state index contributed by atoms with van der Waals surface area (Å²) in [5.41, 5.74) is -1.78. The van der Waals surface area contributed by atoms with Gasteiger partial charge in [-0.1, -0.05) is 19.9 Å². The molecule has 0 radical (unpaired) electrons. The van der Waals surface area contributed by atoms with Crippen LogP contribution in [-0.2, 0) is 14.3 Å². The summed E-state index contributed by atoms with van der Waals surface area (Å²) >= 11 is 0. The molecule has 4 bridgehead atoms. The molecule has 33 heavy (non-hydrogen) atoms. The lowest BCUT2D eigenvalue weighted by Gasteiger charge is -2.55. The zero-order chi connectivity index (χ0) is 24.0. The fourth-order valence-electron chi connectivity index (χ4n) is 7.47. The molecule has 6 atom stereocenters. The van der Waals surface area contributed by atoms with Crippen LogP contribution in [0.2, 0.25) is 0 Å². The maximum Gasteiger partial charge on any atom is 0.339 e. The number of anilines is 1. The van der Waals surface area contributed by atoms with Crippen molar-refractivity contribution in [2.75, 3.05) is 5.32 Å². The van der Waals surface area contributed by atoms with Crippen LogP contribution >= 0.6 is 0 Å². The smallest absolute Gasteiger partial charge is 0.339 e. The molecule has 2 saturated heterocycles. The third-order valence-corrected chi connectivity index (χ3v) is 9.05. The number of carbonyl (C=O) groups excluding carboxylic acids is 2. The number of phenolic OH excluding ortho intramolecular Hbond substituents is 1. The molecule has 5 unspecified atom stereocenters. The number of amides is 1. The van der Waals surface area contributed by atoms with Crippen molar-refractivity contribution >= 4 is 23.3 Å². The number of benzene rings is 1. The number of hydrogen-bond donors (Lipinski definition) is 4. The first-order chi connectivity index (χ1) is 15.3. The highest BCUT2D eigenvalue weighted by atomic mass is 16.5. The molecule has 4 fully saturated rings. The number of carbonyl (C=O) groups is 3. The Hall–Kier alpha value is -2.87. The fraction of sp³-hybridized carbons (Fsp3) is 0.560. The van der Waals surface area contributed by atoms with Crippen LogP contribution in [0.25, 0.3) is 0 Å². The number of aromatic hydroxyl groups is 2. The van der Waals surface area contributed by atoms with Gasteiger partial charge >= 0.3 is 5.97 Å². The number of nitrogens with one attached hydrogen (secondary N) is 1. The molecule has 3 aliphatic carbocycles. The summed E-state index contributed by atoms with van der Waals surface area (Å²) in [6.45, 7) is 6.37. The molecule has 0 aromatic heterocycles. The molecule has 1 spiro atoms. The fourth-order valence-corrected chi connectivity index (χ4v) is 7.47. The predicted molar refractivity (Wildman–Crippen MR) is 118 cm³/mol. The maximum atomic E-state index is 13.1. The Kier molecular flexibility index (Phi) is 4.38. The Bertz CT molecular complexity index is 1110. The number of aromatic carboxylic acids is 1. The SMILES string of the molecule is CC12CC3OC1(C)CC1(C=CC(=O)[C@](C)(CCC(=O)Nc4c(O)ccc(C(=O)O)c4O)C31)C2. The number of allylic oxidation sites excluding steroid dienone is 2. The minimum Gasteiger partial charge on any atom is -0.506 e. The number of carboxylic acid groups (broad SMARTS) is 1. The molecule has 176 valence electrons. The summed E-state index contributed by atoms with van der Waals surface area (Å²) in [5.74, 6) is -3.08. The Balaban J connectivity index is 1.37. The Labute approximate surface area is 191 Å². The average Bonchev–Trinajstić information content (AvgIpc) is 3.01. The van der Waals surface area contributed by atoms with Crippen LogP contribution in [0.15, 0.2) is 24.3 Å². The van der Waals surface area contributed by atoms with Crippen LogP contribution in [0.1, 0.15) is 63.2 Å². The van der Waals surface area contributed by atoms with Crippen LogP contribution in [0, 0.1) is 22.2 Å². The highest BCUT2D eigenvalue weighted by Gasteiger charge is 2.75. The van der Waals surface area contributed by atoms with Gasteiger partial charge in [0.15, 0.2) is 11.5 Å². The zero-order valence-corrected chi connectivity index (χ0v) is 19.0. The van der Waals surface area contributed by atoms with Gasteiger partial charge in [-0.3, -0.25) is 9.59 Å². The number of phenols is 2. The third kappa shape index (κ3) is 2.82. The van der Waals surface area contributed by atoms with E-state index < -0.39 is 34.4 Å². The van der Waals surface area contributed by atoms with Gasteiger partial charge in [0, 0.05) is 17.8 Å². The molecular formula is C25H29NO7. The van der Waals surface area contributed by atoms with Gasteiger partial charge < -0.3 is 25.4 Å². The van der Waals surface area contributed by atoms with Gasteiger partial charge in [-0.15, -0.1) is 0 Å². The summed E-state index contributed by atoms with van der Waals surface area (Å²) in [5, 5.41) is 31.8. The van der Waals surface area contributed by atoms with Crippen LogP contribution < -0.4 is 5.32 Å². The van der Waals surface area contributed by atoms with Gasteiger partial charge in [0.25, 0.3) is 0 Å². The lowest BCUT2D eigenvalue weighted by atomic mass is 9.50. The first kappa shape index (κ1) is 21.9. The van der Waals surface area contributed by atoms with Crippen LogP contribution in [-0.4, -0.2) is 44.7 Å². The van der Waals surface area contributed by atoms with E-state index in [-0.39, 0.29) is 52.8 Å². The van der Waals surface area contributed by atoms with Crippen molar-refractivity contribution in [2.45, 2.75) is 64.6 Å². The van der Waals surface area contributed by atoms with Crippen LogP contribution in [0.3, 0.4) is 0 Å². The normalized spacial score (nSPS) is 40.2. The summed E-state index contributed by atoms with van der Waals surface area (Å²) in [6, 6.07) is 2.16. The molecule has 5 aliphatic rings. The van der Waals surface area contributed by atoms with E-state index in [9.17, 15) is 24.6 Å². The Morgan fingerprint density at radius 3 is 2.58 bits per heavy atom. The monoisotopic (exact) mass is 455 g/mol. The van der Waals surface area contributed by atoms with E-state index in [1.807, 2.05) is 6.92 Å². The van der Waals surface area contributed by atoms with E-state index in [1.54, 1.807) is 6.08 Å². The molecule has 1 amide bonds. The van der Waals surface area contributed by atoms with Crippen molar-refractivity contribution in [2.24, 2.45) is 22.2 Å². The topological polar surface area (TPSA) is 133 Å². The first-order valence-corrected chi connectivity index (χ1v) is 11.3. The molecule has 2 heterocycles. The van der Waals surface area contributed by atoms with Gasteiger partial charge in [-0.2, -0.15) is 0 Å². The minimum atomic E-state index is -1.38. The van der Waals surface area contributed by atoms with Crippen LogP contribution in [0.5, 0.6) is 11.5 Å². The first-order valence-electron chi connectivity index (χ1n) is 11.3. The average molecular weight is 456 g/mol. The second-order valence-corrected chi connectivity index (χ2v) is 11.0. The lowest BCUT2D eigenvalue weighted by Crippen LogP contribution is -2.56. The van der Waals surface area contributed by atoms with E-state index >= 15 is 0 Å². The van der Waals surface area contributed by atoms with Crippen molar-refractivity contribution in [1.82, 2.24) is 0 Å². The second kappa shape index (κ2) is 6.59. The molecule has 6 rings (SSSR count). The number of hydrogen-bond acceptors (Lipinski definition) is 6. The number of carboxylic acids is 1. The summed E-state index contributed by atoms with van der Waals surface area (Å²) in [6.07, 6.45) is 6.73. The number of rotatable bonds is 5. The maximum absolute atomic E-state index is 13.1. The van der Waals surface area contributed by atoms with E-state index in [0.29, 0.717) is 0 Å². The molecule has 8 heteroatoms. The van der Waals surface area contributed by atoms with Crippen LogP contribution in [0.4, 0.5) is 5.69 Å². The number of ether oxygens (including phenoxy) is 1. The zero-order valence-electron chi connectivity index (χ0n) is 19.0. The highest BCUT2D eigenvalue weighted by Crippen LogP contribution is 2.76. The second-order valence-electron chi connectivity index (χ2n) is 11.0.